The maximum absolute atomic E-state index is 11.8. The van der Waals surface area contributed by atoms with Crippen LogP contribution < -0.4 is 11.1 Å². The van der Waals surface area contributed by atoms with E-state index in [0.717, 1.165) is 5.56 Å². The molecule has 18 heavy (non-hydrogen) atoms. The third-order valence-electron chi connectivity index (χ3n) is 2.34. The summed E-state index contributed by atoms with van der Waals surface area (Å²) >= 11 is 1.39. The van der Waals surface area contributed by atoms with Gasteiger partial charge in [-0.1, -0.05) is 18.2 Å². The van der Waals surface area contributed by atoms with Crippen LogP contribution in [0.4, 0.5) is 5.69 Å². The summed E-state index contributed by atoms with van der Waals surface area (Å²) in [6.45, 7) is 0. The zero-order valence-electron chi connectivity index (χ0n) is 9.55. The van der Waals surface area contributed by atoms with Gasteiger partial charge in [-0.05, 0) is 29.1 Å². The molecule has 0 aliphatic rings. The van der Waals surface area contributed by atoms with E-state index in [4.69, 9.17) is 5.73 Å². The van der Waals surface area contributed by atoms with Crippen molar-refractivity contribution in [3.05, 3.63) is 52.2 Å². The lowest BCUT2D eigenvalue weighted by Crippen LogP contribution is -2.14. The van der Waals surface area contributed by atoms with Crippen molar-refractivity contribution in [3.8, 4) is 0 Å². The van der Waals surface area contributed by atoms with Gasteiger partial charge in [0.25, 0.3) is 5.91 Å². The van der Waals surface area contributed by atoms with Gasteiger partial charge < -0.3 is 11.1 Å². The molecule has 1 aromatic heterocycles. The largest absolute Gasteiger partial charge is 0.369 e. The average molecular weight is 260 g/mol. The van der Waals surface area contributed by atoms with Crippen LogP contribution in [-0.2, 0) is 11.2 Å². The third kappa shape index (κ3) is 3.18. The van der Waals surface area contributed by atoms with Gasteiger partial charge in [0, 0.05) is 5.69 Å². The first-order chi connectivity index (χ1) is 8.65. The number of hydrogen-bond acceptors (Lipinski definition) is 3. The maximum atomic E-state index is 11.8. The summed E-state index contributed by atoms with van der Waals surface area (Å²) in [7, 11) is 0. The Labute approximate surface area is 108 Å². The molecule has 3 N–H and O–H groups in total. The van der Waals surface area contributed by atoms with Gasteiger partial charge in [0.15, 0.2) is 0 Å². The second-order valence-electron chi connectivity index (χ2n) is 3.77. The molecule has 2 rings (SSSR count). The van der Waals surface area contributed by atoms with Crippen LogP contribution in [-0.4, -0.2) is 11.8 Å². The summed E-state index contributed by atoms with van der Waals surface area (Å²) < 4.78 is 0. The molecule has 2 amide bonds. The molecule has 0 unspecified atom stereocenters. The summed E-state index contributed by atoms with van der Waals surface area (Å²) in [4.78, 5) is 23.2. The minimum atomic E-state index is -0.370. The zero-order valence-corrected chi connectivity index (χ0v) is 10.4. The molecule has 0 saturated heterocycles. The lowest BCUT2D eigenvalue weighted by atomic mass is 10.1. The fourth-order valence-electron chi connectivity index (χ4n) is 1.51. The predicted molar refractivity (Wildman–Crippen MR) is 71.6 cm³/mol. The molecule has 4 nitrogen and oxygen atoms in total. The topological polar surface area (TPSA) is 72.2 Å². The molecule has 2 aromatic rings. The van der Waals surface area contributed by atoms with E-state index in [-0.39, 0.29) is 18.2 Å². The molecule has 92 valence electrons. The summed E-state index contributed by atoms with van der Waals surface area (Å²) in [6, 6.07) is 10.6. The summed E-state index contributed by atoms with van der Waals surface area (Å²) in [5.74, 6) is -0.502. The Kier molecular flexibility index (Phi) is 3.74. The van der Waals surface area contributed by atoms with Crippen LogP contribution in [0.5, 0.6) is 0 Å². The Morgan fingerprint density at radius 1 is 1.17 bits per heavy atom. The molecule has 1 aromatic carbocycles. The number of hydrogen-bond donors (Lipinski definition) is 2. The number of anilines is 1. The van der Waals surface area contributed by atoms with Crippen molar-refractivity contribution in [2.24, 2.45) is 5.73 Å². The molecular weight excluding hydrogens is 248 g/mol. The number of thiophene rings is 1. The molecule has 5 heteroatoms. The molecular formula is C13H12N2O2S. The van der Waals surface area contributed by atoms with Crippen LogP contribution in [0.2, 0.25) is 0 Å². The van der Waals surface area contributed by atoms with E-state index in [0.29, 0.717) is 10.6 Å². The molecule has 1 heterocycles. The normalized spacial score (nSPS) is 10.0. The lowest BCUT2D eigenvalue weighted by molar-refractivity contribution is -0.117. The van der Waals surface area contributed by atoms with E-state index in [1.54, 1.807) is 30.3 Å². The van der Waals surface area contributed by atoms with Crippen molar-refractivity contribution in [2.45, 2.75) is 6.42 Å². The minimum absolute atomic E-state index is 0.132. The Hall–Kier alpha value is -2.14. The maximum Gasteiger partial charge on any atom is 0.265 e. The molecule has 0 saturated carbocycles. The predicted octanol–water partition coefficient (Wildman–Crippen LogP) is 2.03. The minimum Gasteiger partial charge on any atom is -0.369 e. The molecule has 0 bridgehead atoms. The van der Waals surface area contributed by atoms with Gasteiger partial charge in [0.05, 0.1) is 11.3 Å². The van der Waals surface area contributed by atoms with Gasteiger partial charge in [-0.3, -0.25) is 9.59 Å². The molecule has 0 atom stereocenters. The van der Waals surface area contributed by atoms with Gasteiger partial charge in [-0.2, -0.15) is 0 Å². The van der Waals surface area contributed by atoms with Crippen LogP contribution >= 0.6 is 11.3 Å². The van der Waals surface area contributed by atoms with E-state index >= 15 is 0 Å². The Morgan fingerprint density at radius 3 is 2.44 bits per heavy atom. The van der Waals surface area contributed by atoms with Crippen molar-refractivity contribution in [1.82, 2.24) is 0 Å². The SMILES string of the molecule is NC(=O)Cc1ccc(NC(=O)c2cccs2)cc1. The number of amides is 2. The number of carbonyl (C=O) groups is 2. The fourth-order valence-corrected chi connectivity index (χ4v) is 2.13. The summed E-state index contributed by atoms with van der Waals surface area (Å²) in [5.41, 5.74) is 6.63. The van der Waals surface area contributed by atoms with Crippen molar-refractivity contribution >= 4 is 28.8 Å². The van der Waals surface area contributed by atoms with Crippen LogP contribution in [0, 0.1) is 0 Å². The van der Waals surface area contributed by atoms with E-state index < -0.39 is 0 Å². The van der Waals surface area contributed by atoms with E-state index in [1.807, 2.05) is 11.4 Å². The lowest BCUT2D eigenvalue weighted by Gasteiger charge is -2.04. The molecule has 0 aliphatic carbocycles. The van der Waals surface area contributed by atoms with E-state index in [2.05, 4.69) is 5.32 Å². The van der Waals surface area contributed by atoms with Gasteiger partial charge in [0.1, 0.15) is 0 Å². The quantitative estimate of drug-likeness (QED) is 0.882. The summed E-state index contributed by atoms with van der Waals surface area (Å²) in [5, 5.41) is 4.63. The van der Waals surface area contributed by atoms with Crippen LogP contribution in [0.15, 0.2) is 41.8 Å². The van der Waals surface area contributed by atoms with Crippen molar-refractivity contribution < 1.29 is 9.59 Å². The highest BCUT2D eigenvalue weighted by Crippen LogP contribution is 2.14. The number of primary amides is 1. The smallest absolute Gasteiger partial charge is 0.265 e. The van der Waals surface area contributed by atoms with Crippen LogP contribution in [0.25, 0.3) is 0 Å². The molecule has 0 fully saturated rings. The average Bonchev–Trinajstić information content (AvgIpc) is 2.84. The number of carbonyl (C=O) groups excluding carboxylic acids is 2. The highest BCUT2D eigenvalue weighted by molar-refractivity contribution is 7.12. The van der Waals surface area contributed by atoms with Gasteiger partial charge in [-0.25, -0.2) is 0 Å². The number of nitrogens with one attached hydrogen (secondary N) is 1. The highest BCUT2D eigenvalue weighted by Gasteiger charge is 2.06. The summed E-state index contributed by atoms with van der Waals surface area (Å²) in [6.07, 6.45) is 0.207. The monoisotopic (exact) mass is 260 g/mol. The second-order valence-corrected chi connectivity index (χ2v) is 4.72. The van der Waals surface area contributed by atoms with Crippen molar-refractivity contribution in [1.29, 1.82) is 0 Å². The molecule has 0 radical (unpaired) electrons. The van der Waals surface area contributed by atoms with Crippen molar-refractivity contribution in [2.75, 3.05) is 5.32 Å². The Bertz CT molecular complexity index is 547. The fraction of sp³-hybridized carbons (Fsp3) is 0.0769. The van der Waals surface area contributed by atoms with Gasteiger partial charge in [-0.15, -0.1) is 11.3 Å². The van der Waals surface area contributed by atoms with Crippen LogP contribution in [0.3, 0.4) is 0 Å². The highest BCUT2D eigenvalue weighted by atomic mass is 32.1. The Balaban J connectivity index is 2.02. The van der Waals surface area contributed by atoms with Gasteiger partial charge in [0.2, 0.25) is 5.91 Å². The second kappa shape index (κ2) is 5.46. The third-order valence-corrected chi connectivity index (χ3v) is 3.20. The molecule has 0 spiro atoms. The van der Waals surface area contributed by atoms with E-state index in [1.165, 1.54) is 11.3 Å². The van der Waals surface area contributed by atoms with Crippen molar-refractivity contribution in [3.63, 3.8) is 0 Å². The zero-order chi connectivity index (χ0) is 13.0. The molecule has 0 aliphatic heterocycles. The first kappa shape index (κ1) is 12.3. The first-order valence-corrected chi connectivity index (χ1v) is 6.25. The van der Waals surface area contributed by atoms with Crippen LogP contribution in [0.1, 0.15) is 15.2 Å². The number of nitrogens with two attached hydrogens (primary N) is 1. The number of rotatable bonds is 4. The Morgan fingerprint density at radius 2 is 1.89 bits per heavy atom. The standard InChI is InChI=1S/C13H12N2O2S/c14-12(16)8-9-3-5-10(6-4-9)15-13(17)11-2-1-7-18-11/h1-7H,8H2,(H2,14,16)(H,15,17). The van der Waals surface area contributed by atoms with E-state index in [9.17, 15) is 9.59 Å². The number of benzene rings is 1. The first-order valence-electron chi connectivity index (χ1n) is 5.37. The van der Waals surface area contributed by atoms with Gasteiger partial charge >= 0.3 is 0 Å².